The van der Waals surface area contributed by atoms with Crippen molar-refractivity contribution in [2.45, 2.75) is 26.9 Å². The summed E-state index contributed by atoms with van der Waals surface area (Å²) in [6.07, 6.45) is 6.09. The summed E-state index contributed by atoms with van der Waals surface area (Å²) in [5.41, 5.74) is 0.755. The molecule has 0 spiro atoms. The van der Waals surface area contributed by atoms with Crippen molar-refractivity contribution in [3.63, 3.8) is 0 Å². The first-order chi connectivity index (χ1) is 9.79. The van der Waals surface area contributed by atoms with Crippen LogP contribution < -0.4 is 4.57 Å². The van der Waals surface area contributed by atoms with Crippen molar-refractivity contribution < 1.29 is 9.36 Å². The Morgan fingerprint density at radius 3 is 2.33 bits per heavy atom. The molecule has 1 aliphatic heterocycles. The van der Waals surface area contributed by atoms with Crippen LogP contribution in [-0.2, 0) is 14.1 Å². The van der Waals surface area contributed by atoms with E-state index in [9.17, 15) is 4.79 Å². The Bertz CT molecular complexity index is 582. The summed E-state index contributed by atoms with van der Waals surface area (Å²) < 4.78 is 3.83. The van der Waals surface area contributed by atoms with Gasteiger partial charge in [0.1, 0.15) is 12.7 Å². The average Bonchev–Trinajstić information content (AvgIpc) is 2.88. The predicted octanol–water partition coefficient (Wildman–Crippen LogP) is 0.935. The Labute approximate surface area is 126 Å². The second-order valence-corrected chi connectivity index (χ2v) is 5.21. The molecule has 0 amide bonds. The molecule has 114 valence electrons. The van der Waals surface area contributed by atoms with E-state index in [0.717, 1.165) is 11.5 Å². The first-order valence-electron chi connectivity index (χ1n) is 6.85. The number of carbonyl (C=O) groups excluding carboxylic acids is 1. The molecule has 0 radical (unpaired) electrons. The van der Waals surface area contributed by atoms with Gasteiger partial charge in [-0.3, -0.25) is 4.79 Å². The molecular formula is C15H24N5O+. The Morgan fingerprint density at radius 1 is 1.43 bits per heavy atom. The van der Waals surface area contributed by atoms with Crippen LogP contribution in [0.3, 0.4) is 0 Å². The van der Waals surface area contributed by atoms with Crippen molar-refractivity contribution in [2.24, 2.45) is 14.1 Å². The van der Waals surface area contributed by atoms with E-state index in [1.807, 2.05) is 60.7 Å². The maximum atomic E-state index is 11.0. The minimum atomic E-state index is 0.108. The van der Waals surface area contributed by atoms with Gasteiger partial charge in [-0.2, -0.15) is 5.26 Å². The Morgan fingerprint density at radius 2 is 2.05 bits per heavy atom. The van der Waals surface area contributed by atoms with Gasteiger partial charge in [0.2, 0.25) is 11.5 Å². The molecule has 1 atom stereocenters. The van der Waals surface area contributed by atoms with Gasteiger partial charge < -0.3 is 9.80 Å². The smallest absolute Gasteiger partial charge is 0.253 e. The van der Waals surface area contributed by atoms with Gasteiger partial charge in [-0.05, 0) is 6.92 Å². The van der Waals surface area contributed by atoms with Gasteiger partial charge in [0.15, 0.2) is 0 Å². The summed E-state index contributed by atoms with van der Waals surface area (Å²) in [4.78, 5) is 15.1. The number of hydrogen-bond acceptors (Lipinski definition) is 4. The zero-order valence-corrected chi connectivity index (χ0v) is 13.7. The number of rotatable bonds is 2. The highest BCUT2D eigenvalue weighted by Gasteiger charge is 2.17. The zero-order chi connectivity index (χ0) is 16.2. The van der Waals surface area contributed by atoms with E-state index < -0.39 is 0 Å². The zero-order valence-electron chi connectivity index (χ0n) is 13.7. The Balaban J connectivity index is 0.000000211. The standard InChI is InChI=1S/C8H13N2O.C7H11N3/c1-6(11)8-5-9(3)7(2)10(8)4;1-7-9(2)5-6-10(7)4-3-8/h5H,1-4H3;5-7H,4H2,1-2H3/q+1;. The van der Waals surface area contributed by atoms with E-state index in [4.69, 9.17) is 5.26 Å². The Kier molecular flexibility index (Phi) is 5.53. The van der Waals surface area contributed by atoms with Crippen LogP contribution in [0.2, 0.25) is 0 Å². The molecule has 0 N–H and O–H groups in total. The van der Waals surface area contributed by atoms with Gasteiger partial charge in [-0.15, -0.1) is 0 Å². The van der Waals surface area contributed by atoms with E-state index in [1.165, 1.54) is 0 Å². The summed E-state index contributed by atoms with van der Waals surface area (Å²) in [5.74, 6) is 1.19. The van der Waals surface area contributed by atoms with Crippen molar-refractivity contribution in [3.05, 3.63) is 30.1 Å². The molecule has 2 heterocycles. The summed E-state index contributed by atoms with van der Waals surface area (Å²) in [6.45, 7) is 6.10. The van der Waals surface area contributed by atoms with Crippen molar-refractivity contribution in [1.82, 2.24) is 14.4 Å². The second-order valence-electron chi connectivity index (χ2n) is 5.21. The monoisotopic (exact) mass is 290 g/mol. The van der Waals surface area contributed by atoms with Crippen molar-refractivity contribution >= 4 is 5.78 Å². The lowest BCUT2D eigenvalue weighted by Gasteiger charge is -2.24. The lowest BCUT2D eigenvalue weighted by atomic mass is 10.3. The van der Waals surface area contributed by atoms with Gasteiger partial charge in [0, 0.05) is 33.3 Å². The van der Waals surface area contributed by atoms with Crippen molar-refractivity contribution in [2.75, 3.05) is 13.6 Å². The number of nitriles is 1. The molecule has 0 aliphatic carbocycles. The van der Waals surface area contributed by atoms with E-state index >= 15 is 0 Å². The van der Waals surface area contributed by atoms with E-state index in [0.29, 0.717) is 12.7 Å². The van der Waals surface area contributed by atoms with Gasteiger partial charge in [0.25, 0.3) is 5.82 Å². The van der Waals surface area contributed by atoms with Crippen LogP contribution in [0, 0.1) is 18.3 Å². The summed E-state index contributed by atoms with van der Waals surface area (Å²) in [5, 5.41) is 8.39. The van der Waals surface area contributed by atoms with Gasteiger partial charge in [-0.1, -0.05) is 0 Å². The molecule has 0 fully saturated rings. The lowest BCUT2D eigenvalue weighted by Crippen LogP contribution is -2.33. The molecule has 1 aromatic rings. The number of hydrogen-bond donors (Lipinski definition) is 0. The summed E-state index contributed by atoms with van der Waals surface area (Å²) in [7, 11) is 5.83. The maximum Gasteiger partial charge on any atom is 0.253 e. The maximum absolute atomic E-state index is 11.0. The van der Waals surface area contributed by atoms with Crippen molar-refractivity contribution in [1.29, 1.82) is 5.26 Å². The molecule has 21 heavy (non-hydrogen) atoms. The van der Waals surface area contributed by atoms with Crippen LogP contribution >= 0.6 is 0 Å². The quantitative estimate of drug-likeness (QED) is 0.462. The van der Waals surface area contributed by atoms with Crippen LogP contribution in [0.4, 0.5) is 0 Å². The van der Waals surface area contributed by atoms with E-state index in [-0.39, 0.29) is 5.78 Å². The molecular weight excluding hydrogens is 266 g/mol. The molecule has 0 aromatic carbocycles. The third-order valence-corrected chi connectivity index (χ3v) is 3.85. The molecule has 0 saturated heterocycles. The van der Waals surface area contributed by atoms with Crippen LogP contribution in [0.25, 0.3) is 0 Å². The third kappa shape index (κ3) is 3.85. The highest BCUT2D eigenvalue weighted by atomic mass is 16.1. The number of ketones is 1. The minimum absolute atomic E-state index is 0.108. The number of imidazole rings is 1. The number of Topliss-reactive ketones (excluding diaryl/α,β-unsaturated/α-hetero) is 1. The van der Waals surface area contributed by atoms with E-state index in [1.54, 1.807) is 6.92 Å². The average molecular weight is 290 g/mol. The molecule has 1 aliphatic rings. The first kappa shape index (κ1) is 16.8. The Hall–Kier alpha value is -2.29. The van der Waals surface area contributed by atoms with Gasteiger partial charge in [0.05, 0.1) is 26.3 Å². The highest BCUT2D eigenvalue weighted by molar-refractivity contribution is 5.91. The number of carbonyl (C=O) groups is 1. The molecule has 1 aromatic heterocycles. The topological polar surface area (TPSA) is 56.1 Å². The second kappa shape index (κ2) is 6.93. The fourth-order valence-electron chi connectivity index (χ4n) is 2.04. The molecule has 6 nitrogen and oxygen atoms in total. The fraction of sp³-hybridized carbons (Fsp3) is 0.533. The predicted molar refractivity (Wildman–Crippen MR) is 80.0 cm³/mol. The van der Waals surface area contributed by atoms with Gasteiger partial charge in [-0.25, -0.2) is 9.13 Å². The molecule has 1 unspecified atom stereocenters. The molecule has 6 heteroatoms. The summed E-state index contributed by atoms with van der Waals surface area (Å²) in [6, 6.07) is 2.11. The normalized spacial score (nSPS) is 16.5. The van der Waals surface area contributed by atoms with Crippen LogP contribution in [0.1, 0.15) is 30.2 Å². The SMILES string of the molecule is CC(=O)c1c[n+](C)c(C)n1C.CC1N(C)C=CN1CC#N. The molecule has 2 rings (SSSR count). The number of aryl methyl sites for hydroxylation is 1. The minimum Gasteiger partial charge on any atom is -0.359 e. The fourth-order valence-corrected chi connectivity index (χ4v) is 2.04. The number of nitrogens with zero attached hydrogens (tertiary/aromatic N) is 5. The first-order valence-corrected chi connectivity index (χ1v) is 6.85. The van der Waals surface area contributed by atoms with Gasteiger partial charge >= 0.3 is 0 Å². The van der Waals surface area contributed by atoms with Crippen LogP contribution in [0.5, 0.6) is 0 Å². The molecule has 0 bridgehead atoms. The van der Waals surface area contributed by atoms with Crippen LogP contribution in [0.15, 0.2) is 18.6 Å². The third-order valence-electron chi connectivity index (χ3n) is 3.85. The summed E-state index contributed by atoms with van der Waals surface area (Å²) >= 11 is 0. The highest BCUT2D eigenvalue weighted by Crippen LogP contribution is 2.11. The van der Waals surface area contributed by atoms with Crippen molar-refractivity contribution in [3.8, 4) is 6.07 Å². The largest absolute Gasteiger partial charge is 0.359 e. The molecule has 0 saturated carbocycles. The van der Waals surface area contributed by atoms with Crippen LogP contribution in [-0.4, -0.2) is 39.9 Å². The van der Waals surface area contributed by atoms with E-state index in [2.05, 4.69) is 17.9 Å². The number of aromatic nitrogens is 2. The lowest BCUT2D eigenvalue weighted by molar-refractivity contribution is -0.677.